The van der Waals surface area contributed by atoms with Crippen molar-refractivity contribution in [3.8, 4) is 5.75 Å². The molecule has 1 aliphatic carbocycles. The van der Waals surface area contributed by atoms with Crippen LogP contribution in [0.3, 0.4) is 0 Å². The standard InChI is InChI=1S/C15H21NO/c16-9-12-5-3-4-11(12)8-13-10-17-15-7-2-1-6-14(13)15/h1-2,6-7,11-13H,3-5,8-10,16H2. The number of ether oxygens (including phenoxy) is 1. The van der Waals surface area contributed by atoms with Gasteiger partial charge in [-0.2, -0.15) is 0 Å². The third-order valence-electron chi connectivity index (χ3n) is 4.51. The first-order valence-corrected chi connectivity index (χ1v) is 6.80. The zero-order valence-corrected chi connectivity index (χ0v) is 10.3. The van der Waals surface area contributed by atoms with E-state index in [1.165, 1.54) is 31.2 Å². The first-order chi connectivity index (χ1) is 8.38. The summed E-state index contributed by atoms with van der Waals surface area (Å²) in [6.07, 6.45) is 5.32. The van der Waals surface area contributed by atoms with E-state index in [0.29, 0.717) is 5.92 Å². The molecule has 0 amide bonds. The molecule has 2 N–H and O–H groups in total. The van der Waals surface area contributed by atoms with Gasteiger partial charge in [0.2, 0.25) is 0 Å². The normalized spacial score (nSPS) is 31.2. The summed E-state index contributed by atoms with van der Waals surface area (Å²) < 4.78 is 5.76. The number of hydrogen-bond acceptors (Lipinski definition) is 2. The van der Waals surface area contributed by atoms with Gasteiger partial charge in [0, 0.05) is 11.5 Å². The second kappa shape index (κ2) is 4.69. The average molecular weight is 231 g/mol. The molecule has 1 aliphatic heterocycles. The first-order valence-electron chi connectivity index (χ1n) is 6.80. The summed E-state index contributed by atoms with van der Waals surface area (Å²) in [5.74, 6) is 3.27. The molecule has 3 unspecified atom stereocenters. The Morgan fingerprint density at radius 2 is 2.00 bits per heavy atom. The molecule has 3 rings (SSSR count). The van der Waals surface area contributed by atoms with Gasteiger partial charge >= 0.3 is 0 Å². The van der Waals surface area contributed by atoms with Crippen molar-refractivity contribution in [3.05, 3.63) is 29.8 Å². The number of para-hydroxylation sites is 1. The molecule has 0 bridgehead atoms. The van der Waals surface area contributed by atoms with E-state index in [1.54, 1.807) is 0 Å². The third kappa shape index (κ3) is 2.06. The smallest absolute Gasteiger partial charge is 0.122 e. The Labute approximate surface area is 103 Å². The summed E-state index contributed by atoms with van der Waals surface area (Å²) in [6.45, 7) is 1.73. The maximum absolute atomic E-state index is 5.86. The first kappa shape index (κ1) is 11.1. The van der Waals surface area contributed by atoms with Gasteiger partial charge in [-0.25, -0.2) is 0 Å². The Morgan fingerprint density at radius 1 is 1.18 bits per heavy atom. The van der Waals surface area contributed by atoms with Gasteiger partial charge in [-0.05, 0) is 37.3 Å². The molecule has 2 aliphatic rings. The Balaban J connectivity index is 1.71. The summed E-state index contributed by atoms with van der Waals surface area (Å²) in [5, 5.41) is 0. The summed E-state index contributed by atoms with van der Waals surface area (Å²) in [7, 11) is 0. The van der Waals surface area contributed by atoms with Crippen LogP contribution in [0.15, 0.2) is 24.3 Å². The van der Waals surface area contributed by atoms with Crippen molar-refractivity contribution in [1.82, 2.24) is 0 Å². The Hall–Kier alpha value is -1.02. The second-order valence-corrected chi connectivity index (χ2v) is 5.47. The molecule has 1 fully saturated rings. The lowest BCUT2D eigenvalue weighted by Crippen LogP contribution is -2.20. The van der Waals surface area contributed by atoms with Crippen molar-refractivity contribution in [2.75, 3.05) is 13.2 Å². The number of nitrogens with two attached hydrogens (primary N) is 1. The molecule has 2 nitrogen and oxygen atoms in total. The van der Waals surface area contributed by atoms with Crippen LogP contribution in [0.5, 0.6) is 5.75 Å². The quantitative estimate of drug-likeness (QED) is 0.868. The van der Waals surface area contributed by atoms with Crippen LogP contribution >= 0.6 is 0 Å². The van der Waals surface area contributed by atoms with Crippen molar-refractivity contribution in [1.29, 1.82) is 0 Å². The molecule has 1 saturated carbocycles. The predicted molar refractivity (Wildman–Crippen MR) is 69.2 cm³/mol. The molecule has 2 heteroatoms. The van der Waals surface area contributed by atoms with Gasteiger partial charge in [0.1, 0.15) is 5.75 Å². The Bertz CT molecular complexity index is 390. The van der Waals surface area contributed by atoms with E-state index in [-0.39, 0.29) is 0 Å². The van der Waals surface area contributed by atoms with E-state index in [2.05, 4.69) is 24.3 Å². The van der Waals surface area contributed by atoms with Crippen LogP contribution in [0, 0.1) is 11.8 Å². The molecule has 0 saturated heterocycles. The van der Waals surface area contributed by atoms with Crippen molar-refractivity contribution < 1.29 is 4.74 Å². The SMILES string of the molecule is NCC1CCCC1CC1COc2ccccc21. The highest BCUT2D eigenvalue weighted by Gasteiger charge is 2.32. The topological polar surface area (TPSA) is 35.2 Å². The van der Waals surface area contributed by atoms with Gasteiger partial charge in [-0.1, -0.05) is 31.0 Å². The molecule has 1 aromatic carbocycles. The summed E-state index contributed by atoms with van der Waals surface area (Å²) in [5.41, 5.74) is 7.27. The highest BCUT2D eigenvalue weighted by atomic mass is 16.5. The number of hydrogen-bond donors (Lipinski definition) is 1. The zero-order valence-electron chi connectivity index (χ0n) is 10.3. The Kier molecular flexibility index (Phi) is 3.06. The lowest BCUT2D eigenvalue weighted by molar-refractivity contribution is 0.284. The molecule has 1 heterocycles. The number of fused-ring (bicyclic) bond motifs is 1. The van der Waals surface area contributed by atoms with E-state index < -0.39 is 0 Å². The van der Waals surface area contributed by atoms with Crippen LogP contribution in [0.2, 0.25) is 0 Å². The van der Waals surface area contributed by atoms with Crippen LogP contribution in [-0.4, -0.2) is 13.2 Å². The summed E-state index contributed by atoms with van der Waals surface area (Å²) in [6, 6.07) is 8.48. The van der Waals surface area contributed by atoms with Gasteiger partial charge in [-0.3, -0.25) is 0 Å². The van der Waals surface area contributed by atoms with Crippen LogP contribution < -0.4 is 10.5 Å². The molecular weight excluding hydrogens is 210 g/mol. The van der Waals surface area contributed by atoms with E-state index in [4.69, 9.17) is 10.5 Å². The molecule has 92 valence electrons. The van der Waals surface area contributed by atoms with Crippen LogP contribution in [0.4, 0.5) is 0 Å². The summed E-state index contributed by atoms with van der Waals surface area (Å²) in [4.78, 5) is 0. The molecule has 0 radical (unpaired) electrons. The fourth-order valence-electron chi connectivity index (χ4n) is 3.52. The van der Waals surface area contributed by atoms with E-state index >= 15 is 0 Å². The van der Waals surface area contributed by atoms with Crippen molar-refractivity contribution in [2.45, 2.75) is 31.6 Å². The van der Waals surface area contributed by atoms with E-state index in [9.17, 15) is 0 Å². The van der Waals surface area contributed by atoms with Gasteiger partial charge in [0.25, 0.3) is 0 Å². The van der Waals surface area contributed by atoms with Crippen molar-refractivity contribution >= 4 is 0 Å². The van der Waals surface area contributed by atoms with Crippen molar-refractivity contribution in [3.63, 3.8) is 0 Å². The third-order valence-corrected chi connectivity index (χ3v) is 4.51. The Morgan fingerprint density at radius 3 is 2.88 bits per heavy atom. The molecule has 0 aromatic heterocycles. The molecule has 17 heavy (non-hydrogen) atoms. The minimum Gasteiger partial charge on any atom is -0.493 e. The number of benzene rings is 1. The highest BCUT2D eigenvalue weighted by Crippen LogP contribution is 2.42. The van der Waals surface area contributed by atoms with Crippen molar-refractivity contribution in [2.24, 2.45) is 17.6 Å². The van der Waals surface area contributed by atoms with Crippen LogP contribution in [0.25, 0.3) is 0 Å². The van der Waals surface area contributed by atoms with E-state index in [0.717, 1.165) is 30.7 Å². The van der Waals surface area contributed by atoms with Gasteiger partial charge in [0.05, 0.1) is 6.61 Å². The predicted octanol–water partition coefficient (Wildman–Crippen LogP) is 2.93. The highest BCUT2D eigenvalue weighted by molar-refractivity contribution is 5.39. The van der Waals surface area contributed by atoms with E-state index in [1.807, 2.05) is 0 Å². The molecule has 3 atom stereocenters. The number of rotatable bonds is 3. The second-order valence-electron chi connectivity index (χ2n) is 5.47. The maximum Gasteiger partial charge on any atom is 0.122 e. The lowest BCUT2D eigenvalue weighted by atomic mass is 9.84. The van der Waals surface area contributed by atoms with Gasteiger partial charge in [-0.15, -0.1) is 0 Å². The molecular formula is C15H21NO. The monoisotopic (exact) mass is 231 g/mol. The van der Waals surface area contributed by atoms with Crippen LogP contribution in [0.1, 0.15) is 37.2 Å². The molecule has 1 aromatic rings. The van der Waals surface area contributed by atoms with Crippen LogP contribution in [-0.2, 0) is 0 Å². The summed E-state index contributed by atoms with van der Waals surface area (Å²) >= 11 is 0. The minimum absolute atomic E-state index is 0.600. The fraction of sp³-hybridized carbons (Fsp3) is 0.600. The maximum atomic E-state index is 5.86. The largest absolute Gasteiger partial charge is 0.493 e. The minimum atomic E-state index is 0.600. The average Bonchev–Trinajstić information content (AvgIpc) is 2.97. The fourth-order valence-corrected chi connectivity index (χ4v) is 3.52. The molecule has 0 spiro atoms. The lowest BCUT2D eigenvalue weighted by Gasteiger charge is -2.20. The van der Waals surface area contributed by atoms with Gasteiger partial charge < -0.3 is 10.5 Å². The zero-order chi connectivity index (χ0) is 11.7. The van der Waals surface area contributed by atoms with Gasteiger partial charge in [0.15, 0.2) is 0 Å².